The predicted octanol–water partition coefficient (Wildman–Crippen LogP) is 0.987. The van der Waals surface area contributed by atoms with Crippen molar-refractivity contribution in [2.24, 2.45) is 0 Å². The van der Waals surface area contributed by atoms with Crippen LogP contribution >= 0.6 is 0 Å². The van der Waals surface area contributed by atoms with Crippen molar-refractivity contribution in [1.29, 1.82) is 0 Å². The third-order valence-corrected chi connectivity index (χ3v) is 3.23. The molecule has 1 aromatic carbocycles. The lowest BCUT2D eigenvalue weighted by atomic mass is 10.0. The molecular weight excluding hydrogens is 256 g/mol. The van der Waals surface area contributed by atoms with E-state index in [4.69, 9.17) is 9.47 Å². The van der Waals surface area contributed by atoms with Crippen LogP contribution in [0, 0.1) is 6.92 Å². The smallest absolute Gasteiger partial charge is 0.224 e. The predicted molar refractivity (Wildman–Crippen MR) is 77.4 cm³/mol. The third-order valence-electron chi connectivity index (χ3n) is 3.23. The van der Waals surface area contributed by atoms with Crippen molar-refractivity contribution < 1.29 is 14.3 Å². The Labute approximate surface area is 119 Å². The zero-order valence-electron chi connectivity index (χ0n) is 12.4. The van der Waals surface area contributed by atoms with Crippen LogP contribution in [0.5, 0.6) is 11.5 Å². The number of rotatable bonds is 5. The summed E-state index contributed by atoms with van der Waals surface area (Å²) in [5.41, 5.74) is 2.04. The monoisotopic (exact) mass is 278 g/mol. The molecule has 0 fully saturated rings. The molecule has 0 aliphatic carbocycles. The summed E-state index contributed by atoms with van der Waals surface area (Å²) >= 11 is 0. The van der Waals surface area contributed by atoms with Crippen LogP contribution in [0.25, 0.3) is 0 Å². The van der Waals surface area contributed by atoms with E-state index < -0.39 is 0 Å². The maximum atomic E-state index is 11.9. The van der Waals surface area contributed by atoms with Crippen LogP contribution in [0.2, 0.25) is 0 Å². The quantitative estimate of drug-likeness (QED) is 0.872. The second-order valence-corrected chi connectivity index (χ2v) is 5.25. The van der Waals surface area contributed by atoms with E-state index in [9.17, 15) is 4.79 Å². The molecular formula is C15H22N2O3. The standard InChI is InChI=1S/C15H22N2O3/c1-11-8-13-14(20-7-6-19-13)9-12(11)10-15(18)16-4-5-17(2)3/h8-9H,4-7,10H2,1-3H3,(H,16,18). The van der Waals surface area contributed by atoms with Crippen molar-refractivity contribution in [3.05, 3.63) is 23.3 Å². The zero-order chi connectivity index (χ0) is 14.5. The largest absolute Gasteiger partial charge is 0.486 e. The number of nitrogens with one attached hydrogen (secondary N) is 1. The van der Waals surface area contributed by atoms with Gasteiger partial charge in [0.15, 0.2) is 11.5 Å². The van der Waals surface area contributed by atoms with Gasteiger partial charge in [-0.05, 0) is 44.3 Å². The van der Waals surface area contributed by atoms with E-state index >= 15 is 0 Å². The van der Waals surface area contributed by atoms with Crippen LogP contribution in [0.15, 0.2) is 12.1 Å². The van der Waals surface area contributed by atoms with Gasteiger partial charge in [-0.2, -0.15) is 0 Å². The van der Waals surface area contributed by atoms with Gasteiger partial charge < -0.3 is 19.7 Å². The third kappa shape index (κ3) is 3.87. The summed E-state index contributed by atoms with van der Waals surface area (Å²) in [5.74, 6) is 1.54. The highest BCUT2D eigenvalue weighted by molar-refractivity contribution is 5.79. The van der Waals surface area contributed by atoms with E-state index in [1.54, 1.807) is 0 Å². The van der Waals surface area contributed by atoms with E-state index in [1.807, 2.05) is 38.1 Å². The summed E-state index contributed by atoms with van der Waals surface area (Å²) in [7, 11) is 3.97. The summed E-state index contributed by atoms with van der Waals surface area (Å²) in [6.45, 7) is 4.63. The Morgan fingerprint density at radius 1 is 1.25 bits per heavy atom. The number of ether oxygens (including phenoxy) is 2. The molecule has 0 bridgehead atoms. The van der Waals surface area contributed by atoms with Gasteiger partial charge in [-0.15, -0.1) is 0 Å². The normalized spacial score (nSPS) is 13.4. The highest BCUT2D eigenvalue weighted by atomic mass is 16.6. The fraction of sp³-hybridized carbons (Fsp3) is 0.533. The van der Waals surface area contributed by atoms with E-state index in [2.05, 4.69) is 5.32 Å². The van der Waals surface area contributed by atoms with Gasteiger partial charge in [-0.1, -0.05) is 0 Å². The van der Waals surface area contributed by atoms with Crippen LogP contribution in [0.4, 0.5) is 0 Å². The summed E-state index contributed by atoms with van der Waals surface area (Å²) in [6, 6.07) is 3.85. The van der Waals surface area contributed by atoms with Gasteiger partial charge in [0.25, 0.3) is 0 Å². The molecule has 2 rings (SSSR count). The molecule has 0 saturated carbocycles. The molecule has 0 unspecified atom stereocenters. The molecule has 1 aliphatic heterocycles. The average Bonchev–Trinajstić information content (AvgIpc) is 2.39. The van der Waals surface area contributed by atoms with Gasteiger partial charge in [0.05, 0.1) is 6.42 Å². The number of aryl methyl sites for hydroxylation is 1. The molecule has 0 radical (unpaired) electrons. The van der Waals surface area contributed by atoms with Crippen molar-refractivity contribution in [2.75, 3.05) is 40.4 Å². The summed E-state index contributed by atoms with van der Waals surface area (Å²) in [5, 5.41) is 2.92. The number of amides is 1. The molecule has 1 N–H and O–H groups in total. The van der Waals surface area contributed by atoms with Crippen LogP contribution in [0.1, 0.15) is 11.1 Å². The molecule has 5 nitrogen and oxygen atoms in total. The lowest BCUT2D eigenvalue weighted by molar-refractivity contribution is -0.120. The van der Waals surface area contributed by atoms with Gasteiger partial charge >= 0.3 is 0 Å². The second-order valence-electron chi connectivity index (χ2n) is 5.25. The first-order valence-corrected chi connectivity index (χ1v) is 6.87. The van der Waals surface area contributed by atoms with Crippen molar-refractivity contribution in [3.63, 3.8) is 0 Å². The molecule has 1 heterocycles. The minimum absolute atomic E-state index is 0.0339. The molecule has 0 atom stereocenters. The van der Waals surface area contributed by atoms with Gasteiger partial charge in [0.1, 0.15) is 13.2 Å². The lowest BCUT2D eigenvalue weighted by Crippen LogP contribution is -2.32. The van der Waals surface area contributed by atoms with Gasteiger partial charge in [0.2, 0.25) is 5.91 Å². The summed E-state index contributed by atoms with van der Waals surface area (Å²) in [6.07, 6.45) is 0.371. The molecule has 0 saturated heterocycles. The zero-order valence-corrected chi connectivity index (χ0v) is 12.4. The number of hydrogen-bond acceptors (Lipinski definition) is 4. The maximum absolute atomic E-state index is 11.9. The SMILES string of the molecule is Cc1cc2c(cc1CC(=O)NCCN(C)C)OCCO2. The highest BCUT2D eigenvalue weighted by Gasteiger charge is 2.15. The fourth-order valence-corrected chi connectivity index (χ4v) is 2.08. The Kier molecular flexibility index (Phi) is 4.84. The van der Waals surface area contributed by atoms with Crippen LogP contribution in [-0.4, -0.2) is 51.2 Å². The number of carbonyl (C=O) groups is 1. The number of benzene rings is 1. The molecule has 1 aliphatic rings. The van der Waals surface area contributed by atoms with Crippen LogP contribution in [0.3, 0.4) is 0 Å². The maximum Gasteiger partial charge on any atom is 0.224 e. The molecule has 20 heavy (non-hydrogen) atoms. The number of nitrogens with zero attached hydrogens (tertiary/aromatic N) is 1. The first-order chi connectivity index (χ1) is 9.56. The molecule has 5 heteroatoms. The van der Waals surface area contributed by atoms with E-state index in [0.29, 0.717) is 26.2 Å². The minimum Gasteiger partial charge on any atom is -0.486 e. The Morgan fingerprint density at radius 3 is 2.55 bits per heavy atom. The highest BCUT2D eigenvalue weighted by Crippen LogP contribution is 2.33. The number of hydrogen-bond donors (Lipinski definition) is 1. The first kappa shape index (κ1) is 14.7. The Hall–Kier alpha value is -1.75. The number of carbonyl (C=O) groups excluding carboxylic acids is 1. The van der Waals surface area contributed by atoms with Crippen molar-refractivity contribution in [1.82, 2.24) is 10.2 Å². The van der Waals surface area contributed by atoms with Crippen LogP contribution < -0.4 is 14.8 Å². The lowest BCUT2D eigenvalue weighted by Gasteiger charge is -2.20. The Bertz CT molecular complexity index is 486. The molecule has 0 spiro atoms. The molecule has 110 valence electrons. The van der Waals surface area contributed by atoms with Crippen molar-refractivity contribution in [3.8, 4) is 11.5 Å². The van der Waals surface area contributed by atoms with Crippen molar-refractivity contribution in [2.45, 2.75) is 13.3 Å². The summed E-state index contributed by atoms with van der Waals surface area (Å²) < 4.78 is 11.1. The van der Waals surface area contributed by atoms with E-state index in [-0.39, 0.29) is 5.91 Å². The Balaban J connectivity index is 1.96. The second kappa shape index (κ2) is 6.61. The number of fused-ring (bicyclic) bond motifs is 1. The van der Waals surface area contributed by atoms with Crippen LogP contribution in [-0.2, 0) is 11.2 Å². The summed E-state index contributed by atoms with van der Waals surface area (Å²) in [4.78, 5) is 13.9. The Morgan fingerprint density at radius 2 is 1.90 bits per heavy atom. The number of likely N-dealkylation sites (N-methyl/N-ethyl adjacent to an activating group) is 1. The topological polar surface area (TPSA) is 50.8 Å². The van der Waals surface area contributed by atoms with Gasteiger partial charge in [-0.25, -0.2) is 0 Å². The van der Waals surface area contributed by atoms with Crippen molar-refractivity contribution >= 4 is 5.91 Å². The molecule has 1 aromatic rings. The first-order valence-electron chi connectivity index (χ1n) is 6.87. The fourth-order valence-electron chi connectivity index (χ4n) is 2.08. The minimum atomic E-state index is 0.0339. The van der Waals surface area contributed by atoms with E-state index in [1.165, 1.54) is 0 Å². The van der Waals surface area contributed by atoms with Gasteiger partial charge in [0, 0.05) is 13.1 Å². The molecule has 0 aromatic heterocycles. The van der Waals surface area contributed by atoms with E-state index in [0.717, 1.165) is 29.2 Å². The average molecular weight is 278 g/mol. The molecule has 1 amide bonds. The van der Waals surface area contributed by atoms with Gasteiger partial charge in [-0.3, -0.25) is 4.79 Å².